The van der Waals surface area contributed by atoms with E-state index in [1.54, 1.807) is 0 Å². The van der Waals surface area contributed by atoms with Crippen LogP contribution in [0, 0.1) is 5.92 Å². The number of hydrogen-bond donors (Lipinski definition) is 0. The number of pyridine rings is 1. The van der Waals surface area contributed by atoms with E-state index in [2.05, 4.69) is 33.3 Å². The van der Waals surface area contributed by atoms with Crippen LogP contribution in [-0.2, 0) is 0 Å². The molecule has 2 aromatic heterocycles. The second-order valence-corrected chi connectivity index (χ2v) is 5.03. The average molecular weight is 250 g/mol. The topological polar surface area (TPSA) is 20.5 Å². The van der Waals surface area contributed by atoms with Gasteiger partial charge in [-0.05, 0) is 24.5 Å². The van der Waals surface area contributed by atoms with Crippen molar-refractivity contribution in [3.63, 3.8) is 0 Å². The molecule has 1 fully saturated rings. The highest BCUT2D eigenvalue weighted by atomic mass is 35.5. The van der Waals surface area contributed by atoms with Crippen LogP contribution in [-0.4, -0.2) is 27.9 Å². The summed E-state index contributed by atoms with van der Waals surface area (Å²) in [6.45, 7) is 3.36. The molecule has 90 valence electrons. The van der Waals surface area contributed by atoms with Gasteiger partial charge in [0.25, 0.3) is 0 Å². The molecular weight excluding hydrogens is 234 g/mol. The quantitative estimate of drug-likeness (QED) is 0.763. The Hall–Kier alpha value is -1.22. The first kappa shape index (κ1) is 10.9. The van der Waals surface area contributed by atoms with Crippen molar-refractivity contribution in [3.8, 4) is 0 Å². The maximum Gasteiger partial charge on any atom is 0.138 e. The normalized spacial score (nSPS) is 24.7. The summed E-state index contributed by atoms with van der Waals surface area (Å²) in [7, 11) is 0. The van der Waals surface area contributed by atoms with Crippen molar-refractivity contribution in [3.05, 3.63) is 30.6 Å². The van der Waals surface area contributed by atoms with Crippen molar-refractivity contribution < 1.29 is 0 Å². The fourth-order valence-electron chi connectivity index (χ4n) is 2.69. The average Bonchev–Trinajstić information content (AvgIpc) is 2.94. The van der Waals surface area contributed by atoms with Gasteiger partial charge in [0.2, 0.25) is 0 Å². The zero-order valence-electron chi connectivity index (χ0n) is 9.88. The van der Waals surface area contributed by atoms with Gasteiger partial charge in [-0.25, -0.2) is 4.98 Å². The summed E-state index contributed by atoms with van der Waals surface area (Å²) < 4.78 is 2.14. The molecule has 2 atom stereocenters. The van der Waals surface area contributed by atoms with Crippen molar-refractivity contribution in [2.45, 2.75) is 19.4 Å². The lowest BCUT2D eigenvalue weighted by molar-refractivity contribution is 0.548. The highest BCUT2D eigenvalue weighted by Gasteiger charge is 2.31. The lowest BCUT2D eigenvalue weighted by atomic mass is 10.1. The molecule has 3 nitrogen and oxygen atoms in total. The highest BCUT2D eigenvalue weighted by molar-refractivity contribution is 6.18. The predicted octanol–water partition coefficient (Wildman–Crippen LogP) is 2.79. The van der Waals surface area contributed by atoms with Gasteiger partial charge in [0, 0.05) is 30.9 Å². The molecule has 17 heavy (non-hydrogen) atoms. The molecule has 3 rings (SSSR count). The lowest BCUT2D eigenvalue weighted by Gasteiger charge is -2.27. The highest BCUT2D eigenvalue weighted by Crippen LogP contribution is 2.30. The number of aromatic nitrogens is 2. The van der Waals surface area contributed by atoms with Gasteiger partial charge < -0.3 is 4.90 Å². The SMILES string of the molecule is CC1CCN(c2cccc3nccn23)C1CCl. The Morgan fingerprint density at radius 3 is 3.18 bits per heavy atom. The van der Waals surface area contributed by atoms with Crippen LogP contribution in [0.4, 0.5) is 5.82 Å². The monoisotopic (exact) mass is 249 g/mol. The van der Waals surface area contributed by atoms with Crippen molar-refractivity contribution in [1.82, 2.24) is 9.38 Å². The molecule has 0 saturated carbocycles. The fraction of sp³-hybridized carbons (Fsp3) is 0.462. The molecule has 0 radical (unpaired) electrons. The lowest BCUT2D eigenvalue weighted by Crippen LogP contribution is -2.34. The van der Waals surface area contributed by atoms with Gasteiger partial charge in [-0.15, -0.1) is 11.6 Å². The van der Waals surface area contributed by atoms with E-state index in [0.29, 0.717) is 17.8 Å². The van der Waals surface area contributed by atoms with Crippen molar-refractivity contribution >= 4 is 23.1 Å². The molecule has 0 spiro atoms. The standard InChI is InChI=1S/C13H16ClN3/c1-10-5-7-16(11(10)9-14)13-4-2-3-12-15-6-8-17(12)13/h2-4,6,8,10-11H,5,7,9H2,1H3. The minimum atomic E-state index is 0.435. The smallest absolute Gasteiger partial charge is 0.138 e. The van der Waals surface area contributed by atoms with E-state index in [1.165, 1.54) is 12.2 Å². The molecule has 0 amide bonds. The van der Waals surface area contributed by atoms with Crippen LogP contribution in [0.2, 0.25) is 0 Å². The Balaban J connectivity index is 2.06. The number of halogens is 1. The van der Waals surface area contributed by atoms with E-state index in [4.69, 9.17) is 11.6 Å². The van der Waals surface area contributed by atoms with Gasteiger partial charge >= 0.3 is 0 Å². The molecule has 0 bridgehead atoms. The first-order chi connectivity index (χ1) is 8.31. The van der Waals surface area contributed by atoms with Gasteiger partial charge in [-0.1, -0.05) is 13.0 Å². The van der Waals surface area contributed by atoms with Crippen molar-refractivity contribution in [1.29, 1.82) is 0 Å². The summed E-state index contributed by atoms with van der Waals surface area (Å²) >= 11 is 6.11. The number of nitrogens with zero attached hydrogens (tertiary/aromatic N) is 3. The van der Waals surface area contributed by atoms with Gasteiger partial charge in [-0.3, -0.25) is 4.40 Å². The summed E-state index contributed by atoms with van der Waals surface area (Å²) in [6.07, 6.45) is 5.06. The number of rotatable bonds is 2. The number of hydrogen-bond acceptors (Lipinski definition) is 2. The van der Waals surface area contributed by atoms with Crippen LogP contribution in [0.1, 0.15) is 13.3 Å². The molecule has 0 aromatic carbocycles. The number of alkyl halides is 1. The summed E-state index contributed by atoms with van der Waals surface area (Å²) in [5.41, 5.74) is 0.996. The van der Waals surface area contributed by atoms with Crippen LogP contribution < -0.4 is 4.90 Å². The summed E-state index contributed by atoms with van der Waals surface area (Å²) in [5.74, 6) is 2.55. The van der Waals surface area contributed by atoms with E-state index < -0.39 is 0 Å². The van der Waals surface area contributed by atoms with Gasteiger partial charge in [0.15, 0.2) is 0 Å². The number of fused-ring (bicyclic) bond motifs is 1. The number of anilines is 1. The van der Waals surface area contributed by atoms with Crippen LogP contribution in [0.15, 0.2) is 30.6 Å². The first-order valence-electron chi connectivity index (χ1n) is 6.06. The predicted molar refractivity (Wildman–Crippen MR) is 70.8 cm³/mol. The van der Waals surface area contributed by atoms with Gasteiger partial charge in [0.1, 0.15) is 11.5 Å². The Morgan fingerprint density at radius 1 is 1.47 bits per heavy atom. The summed E-state index contributed by atoms with van der Waals surface area (Å²) in [6, 6.07) is 6.67. The van der Waals surface area contributed by atoms with E-state index in [1.807, 2.05) is 18.5 Å². The van der Waals surface area contributed by atoms with E-state index in [0.717, 1.165) is 12.2 Å². The first-order valence-corrected chi connectivity index (χ1v) is 6.59. The van der Waals surface area contributed by atoms with E-state index in [-0.39, 0.29) is 0 Å². The Bertz CT molecular complexity index is 522. The second kappa shape index (κ2) is 4.22. The third kappa shape index (κ3) is 1.69. The largest absolute Gasteiger partial charge is 0.353 e. The zero-order valence-corrected chi connectivity index (χ0v) is 10.6. The maximum atomic E-state index is 6.11. The summed E-state index contributed by atoms with van der Waals surface area (Å²) in [4.78, 5) is 6.73. The third-order valence-corrected chi connectivity index (χ3v) is 4.06. The fourth-order valence-corrected chi connectivity index (χ4v) is 3.17. The molecule has 4 heteroatoms. The Morgan fingerprint density at radius 2 is 2.35 bits per heavy atom. The molecule has 2 unspecified atom stereocenters. The number of imidazole rings is 1. The molecule has 1 aliphatic rings. The molecule has 1 saturated heterocycles. The van der Waals surface area contributed by atoms with Crippen molar-refractivity contribution in [2.24, 2.45) is 5.92 Å². The minimum absolute atomic E-state index is 0.435. The van der Waals surface area contributed by atoms with Gasteiger partial charge in [0.05, 0.1) is 0 Å². The van der Waals surface area contributed by atoms with Crippen LogP contribution in [0.25, 0.3) is 5.65 Å². The van der Waals surface area contributed by atoms with E-state index >= 15 is 0 Å². The molecule has 2 aromatic rings. The molecule has 1 aliphatic heterocycles. The van der Waals surface area contributed by atoms with Gasteiger partial charge in [-0.2, -0.15) is 0 Å². The second-order valence-electron chi connectivity index (χ2n) is 4.72. The van der Waals surface area contributed by atoms with Crippen LogP contribution in [0.3, 0.4) is 0 Å². The molecule has 0 N–H and O–H groups in total. The maximum absolute atomic E-state index is 6.11. The minimum Gasteiger partial charge on any atom is -0.353 e. The Kier molecular flexibility index (Phi) is 2.71. The zero-order chi connectivity index (χ0) is 11.8. The molecule has 3 heterocycles. The van der Waals surface area contributed by atoms with Crippen molar-refractivity contribution in [2.75, 3.05) is 17.3 Å². The molecule has 0 aliphatic carbocycles. The van der Waals surface area contributed by atoms with Crippen LogP contribution in [0.5, 0.6) is 0 Å². The summed E-state index contributed by atoms with van der Waals surface area (Å²) in [5, 5.41) is 0. The third-order valence-electron chi connectivity index (χ3n) is 3.74. The van der Waals surface area contributed by atoms with E-state index in [9.17, 15) is 0 Å². The Labute approximate surface area is 106 Å². The molecular formula is C13H16ClN3. The van der Waals surface area contributed by atoms with Crippen LogP contribution >= 0.6 is 11.6 Å².